The normalized spacial score (nSPS) is 24.2. The zero-order chi connectivity index (χ0) is 15.6. The van der Waals surface area contributed by atoms with E-state index in [-0.39, 0.29) is 0 Å². The van der Waals surface area contributed by atoms with Crippen molar-refractivity contribution in [3.05, 3.63) is 35.4 Å². The first-order valence-corrected chi connectivity index (χ1v) is 7.81. The summed E-state index contributed by atoms with van der Waals surface area (Å²) in [4.78, 5) is 3.78. The number of alkyl halides is 3. The lowest BCUT2D eigenvalue weighted by molar-refractivity contribution is -0.149. The summed E-state index contributed by atoms with van der Waals surface area (Å²) >= 11 is 0. The van der Waals surface area contributed by atoms with Crippen LogP contribution in [0.3, 0.4) is 0 Å². The van der Waals surface area contributed by atoms with E-state index in [1.807, 2.05) is 0 Å². The molecule has 6 heteroatoms. The number of hydrogen-bond donors (Lipinski definition) is 1. The number of nitrogens with one attached hydrogen (secondary N) is 1. The van der Waals surface area contributed by atoms with Crippen molar-refractivity contribution in [1.82, 2.24) is 15.1 Å². The minimum Gasteiger partial charge on any atom is -0.308 e. The molecule has 2 aliphatic rings. The molecule has 1 N–H and O–H groups in total. The number of fused-ring (bicyclic) bond motifs is 1. The Balaban J connectivity index is 1.46. The molecule has 1 aromatic carbocycles. The molecular formula is C16H22F3N3. The van der Waals surface area contributed by atoms with Crippen LogP contribution in [0.4, 0.5) is 13.2 Å². The first kappa shape index (κ1) is 15.8. The fourth-order valence-electron chi connectivity index (χ4n) is 3.35. The number of benzene rings is 1. The molecule has 3 nitrogen and oxygen atoms in total. The Hall–Kier alpha value is -1.11. The Bertz CT molecular complexity index is 496. The van der Waals surface area contributed by atoms with Gasteiger partial charge in [-0.25, -0.2) is 0 Å². The molecule has 0 aromatic heterocycles. The monoisotopic (exact) mass is 313 g/mol. The smallest absolute Gasteiger partial charge is 0.308 e. The van der Waals surface area contributed by atoms with Crippen molar-refractivity contribution in [2.24, 2.45) is 0 Å². The van der Waals surface area contributed by atoms with Crippen LogP contribution in [0.2, 0.25) is 0 Å². The van der Waals surface area contributed by atoms with E-state index < -0.39 is 12.7 Å². The van der Waals surface area contributed by atoms with Gasteiger partial charge in [0.2, 0.25) is 0 Å². The van der Waals surface area contributed by atoms with E-state index in [1.165, 1.54) is 16.0 Å². The van der Waals surface area contributed by atoms with Crippen LogP contribution in [0.1, 0.15) is 11.1 Å². The molecule has 0 aliphatic carbocycles. The van der Waals surface area contributed by atoms with Gasteiger partial charge in [-0.05, 0) is 17.5 Å². The Morgan fingerprint density at radius 2 is 1.64 bits per heavy atom. The van der Waals surface area contributed by atoms with E-state index in [9.17, 15) is 13.2 Å². The van der Waals surface area contributed by atoms with Gasteiger partial charge in [0.15, 0.2) is 0 Å². The van der Waals surface area contributed by atoms with Gasteiger partial charge in [0.1, 0.15) is 0 Å². The van der Waals surface area contributed by atoms with Gasteiger partial charge < -0.3 is 5.32 Å². The van der Waals surface area contributed by atoms with Crippen LogP contribution >= 0.6 is 0 Å². The zero-order valence-electron chi connectivity index (χ0n) is 12.6. The van der Waals surface area contributed by atoms with Crippen LogP contribution in [0, 0.1) is 0 Å². The van der Waals surface area contributed by atoms with Crippen molar-refractivity contribution < 1.29 is 13.2 Å². The molecule has 1 atom stereocenters. The summed E-state index contributed by atoms with van der Waals surface area (Å²) < 4.78 is 37.2. The van der Waals surface area contributed by atoms with Crippen molar-refractivity contribution in [2.45, 2.75) is 25.2 Å². The van der Waals surface area contributed by atoms with Crippen LogP contribution in [0.5, 0.6) is 0 Å². The third-order valence-corrected chi connectivity index (χ3v) is 4.51. The lowest BCUT2D eigenvalue weighted by atomic mass is 9.95. The van der Waals surface area contributed by atoms with Crippen LogP contribution in [-0.4, -0.2) is 61.3 Å². The fraction of sp³-hybridized carbons (Fsp3) is 0.625. The number of piperazine rings is 1. The van der Waals surface area contributed by atoms with E-state index in [0.717, 1.165) is 32.6 Å². The maximum absolute atomic E-state index is 12.4. The molecule has 122 valence electrons. The second-order valence-electron chi connectivity index (χ2n) is 6.24. The van der Waals surface area contributed by atoms with Crippen molar-refractivity contribution in [3.8, 4) is 0 Å². The molecule has 2 aliphatic heterocycles. The highest BCUT2D eigenvalue weighted by Gasteiger charge is 2.32. The van der Waals surface area contributed by atoms with Gasteiger partial charge in [-0.15, -0.1) is 0 Å². The number of halogens is 3. The Morgan fingerprint density at radius 3 is 2.32 bits per heavy atom. The van der Waals surface area contributed by atoms with E-state index >= 15 is 0 Å². The highest BCUT2D eigenvalue weighted by Crippen LogP contribution is 2.19. The molecule has 2 heterocycles. The fourth-order valence-corrected chi connectivity index (χ4v) is 3.35. The maximum Gasteiger partial charge on any atom is 0.401 e. The molecule has 1 fully saturated rings. The van der Waals surface area contributed by atoms with Gasteiger partial charge in [-0.2, -0.15) is 13.2 Å². The summed E-state index contributed by atoms with van der Waals surface area (Å²) in [5.74, 6) is 0. The predicted molar refractivity (Wildman–Crippen MR) is 79.7 cm³/mol. The molecule has 0 amide bonds. The summed E-state index contributed by atoms with van der Waals surface area (Å²) in [6, 6.07) is 8.83. The molecule has 0 unspecified atom stereocenters. The Morgan fingerprint density at radius 1 is 1.00 bits per heavy atom. The van der Waals surface area contributed by atoms with E-state index in [4.69, 9.17) is 0 Å². The standard InChI is InChI=1S/C16H22F3N3/c17-16(18,19)12-22-7-5-21(6-8-22)11-15-9-13-3-1-2-4-14(13)10-20-15/h1-4,15,20H,5-12H2/t15-/m0/s1. The third-order valence-electron chi connectivity index (χ3n) is 4.51. The largest absolute Gasteiger partial charge is 0.401 e. The van der Waals surface area contributed by atoms with Crippen molar-refractivity contribution in [1.29, 1.82) is 0 Å². The minimum atomic E-state index is -4.09. The van der Waals surface area contributed by atoms with E-state index in [1.54, 1.807) is 0 Å². The highest BCUT2D eigenvalue weighted by molar-refractivity contribution is 5.29. The average Bonchev–Trinajstić information content (AvgIpc) is 2.48. The summed E-state index contributed by atoms with van der Waals surface area (Å²) in [6.07, 6.45) is -3.09. The van der Waals surface area contributed by atoms with Gasteiger partial charge in [-0.3, -0.25) is 9.80 Å². The molecule has 0 spiro atoms. The summed E-state index contributed by atoms with van der Waals surface area (Å²) in [5.41, 5.74) is 2.75. The summed E-state index contributed by atoms with van der Waals surface area (Å²) in [5, 5.41) is 3.54. The average molecular weight is 313 g/mol. The maximum atomic E-state index is 12.4. The quantitative estimate of drug-likeness (QED) is 0.919. The third kappa shape index (κ3) is 4.21. The van der Waals surface area contributed by atoms with Crippen LogP contribution in [0.25, 0.3) is 0 Å². The van der Waals surface area contributed by atoms with Crippen LogP contribution < -0.4 is 5.32 Å². The predicted octanol–water partition coefficient (Wildman–Crippen LogP) is 1.88. The van der Waals surface area contributed by atoms with Crippen molar-refractivity contribution in [3.63, 3.8) is 0 Å². The van der Waals surface area contributed by atoms with Gasteiger partial charge in [0, 0.05) is 45.3 Å². The second kappa shape index (κ2) is 6.56. The lowest BCUT2D eigenvalue weighted by Gasteiger charge is -2.37. The number of nitrogens with zero attached hydrogens (tertiary/aromatic N) is 2. The zero-order valence-corrected chi connectivity index (χ0v) is 12.6. The molecule has 1 aromatic rings. The van der Waals surface area contributed by atoms with Gasteiger partial charge in [-0.1, -0.05) is 24.3 Å². The highest BCUT2D eigenvalue weighted by atomic mass is 19.4. The molecule has 0 radical (unpaired) electrons. The van der Waals surface area contributed by atoms with Crippen molar-refractivity contribution in [2.75, 3.05) is 39.3 Å². The van der Waals surface area contributed by atoms with Gasteiger partial charge >= 0.3 is 6.18 Å². The molecule has 1 saturated heterocycles. The molecule has 0 bridgehead atoms. The number of hydrogen-bond acceptors (Lipinski definition) is 3. The first-order chi connectivity index (χ1) is 10.5. The Labute approximate surface area is 129 Å². The number of rotatable bonds is 3. The Kier molecular flexibility index (Phi) is 4.70. The first-order valence-electron chi connectivity index (χ1n) is 7.81. The van der Waals surface area contributed by atoms with Crippen molar-refractivity contribution >= 4 is 0 Å². The van der Waals surface area contributed by atoms with Crippen LogP contribution in [-0.2, 0) is 13.0 Å². The second-order valence-corrected chi connectivity index (χ2v) is 6.24. The molecule has 3 rings (SSSR count). The molecule has 0 saturated carbocycles. The molecular weight excluding hydrogens is 291 g/mol. The lowest BCUT2D eigenvalue weighted by Crippen LogP contribution is -2.53. The van der Waals surface area contributed by atoms with Gasteiger partial charge in [0.05, 0.1) is 6.54 Å². The minimum absolute atomic E-state index is 0.393. The van der Waals surface area contributed by atoms with E-state index in [0.29, 0.717) is 19.1 Å². The van der Waals surface area contributed by atoms with Crippen LogP contribution in [0.15, 0.2) is 24.3 Å². The summed E-state index contributed by atoms with van der Waals surface area (Å²) in [6.45, 7) is 3.45. The molecule has 22 heavy (non-hydrogen) atoms. The summed E-state index contributed by atoms with van der Waals surface area (Å²) in [7, 11) is 0. The van der Waals surface area contributed by atoms with Gasteiger partial charge in [0.25, 0.3) is 0 Å². The SMILES string of the molecule is FC(F)(F)CN1CCN(C[C@@H]2Cc3ccccc3CN2)CC1. The van der Waals surface area contributed by atoms with E-state index in [2.05, 4.69) is 34.5 Å². The topological polar surface area (TPSA) is 18.5 Å².